The van der Waals surface area contributed by atoms with Crippen molar-refractivity contribution in [3.8, 4) is 0 Å². The van der Waals surface area contributed by atoms with Crippen LogP contribution < -0.4 is 16.4 Å². The molecular formula is C21H25N9OS2. The Bertz CT molecular complexity index is 1130. The van der Waals surface area contributed by atoms with Gasteiger partial charge in [-0.2, -0.15) is 0 Å². The van der Waals surface area contributed by atoms with Crippen LogP contribution >= 0.6 is 22.7 Å². The van der Waals surface area contributed by atoms with Crippen LogP contribution in [0.2, 0.25) is 0 Å². The first-order chi connectivity index (χ1) is 16.1. The first-order valence-electron chi connectivity index (χ1n) is 10.6. The second-order valence-electron chi connectivity index (χ2n) is 7.71. The number of rotatable bonds is 9. The summed E-state index contributed by atoms with van der Waals surface area (Å²) in [4.78, 5) is 20.7. The largest absolute Gasteiger partial charge is 0.394 e. The van der Waals surface area contributed by atoms with E-state index >= 15 is 0 Å². The Morgan fingerprint density at radius 1 is 1.24 bits per heavy atom. The summed E-state index contributed by atoms with van der Waals surface area (Å²) < 4.78 is 0. The van der Waals surface area contributed by atoms with Crippen LogP contribution in [0.5, 0.6) is 0 Å². The average molecular weight is 484 g/mol. The van der Waals surface area contributed by atoms with Gasteiger partial charge >= 0.3 is 0 Å². The van der Waals surface area contributed by atoms with Crippen LogP contribution in [0.3, 0.4) is 0 Å². The number of carbonyl (C=O) groups excluding carboxylic acids is 1. The highest BCUT2D eigenvalue weighted by atomic mass is 32.1. The quantitative estimate of drug-likeness (QED) is 0.311. The summed E-state index contributed by atoms with van der Waals surface area (Å²) in [5.41, 5.74) is 6.58. The fraction of sp³-hybridized carbons (Fsp3) is 0.381. The smallest absolute Gasteiger partial charge is 0.233 e. The molecular weight excluding hydrogens is 458 g/mol. The van der Waals surface area contributed by atoms with Gasteiger partial charge in [-0.15, -0.1) is 20.4 Å². The lowest BCUT2D eigenvalue weighted by molar-refractivity contribution is -0.115. The Morgan fingerprint density at radius 3 is 2.97 bits per heavy atom. The summed E-state index contributed by atoms with van der Waals surface area (Å²) >= 11 is 2.92. The number of aromatic nitrogens is 5. The molecule has 33 heavy (non-hydrogen) atoms. The van der Waals surface area contributed by atoms with E-state index in [1.54, 1.807) is 25.5 Å². The van der Waals surface area contributed by atoms with Gasteiger partial charge in [0.15, 0.2) is 0 Å². The van der Waals surface area contributed by atoms with Crippen LogP contribution in [-0.4, -0.2) is 44.2 Å². The van der Waals surface area contributed by atoms with Gasteiger partial charge in [-0.05, 0) is 49.6 Å². The summed E-state index contributed by atoms with van der Waals surface area (Å²) in [7, 11) is 1.80. The van der Waals surface area contributed by atoms with E-state index in [2.05, 4.69) is 41.0 Å². The number of amides is 1. The number of aliphatic imine (C=N–C) groups is 1. The normalized spacial score (nSPS) is 18.6. The lowest BCUT2D eigenvalue weighted by atomic mass is 10.0. The maximum Gasteiger partial charge on any atom is 0.233 e. The molecule has 1 aliphatic rings. The summed E-state index contributed by atoms with van der Waals surface area (Å²) in [6, 6.07) is 5.51. The standard InChI is InChI=1S/C21H25N9OS2/c1-23-9-7-16(22)25-20-30-28-19(33-20)14-6-5-13(10-14)11-18-27-29-21(32-18)26-17(31)12-15-4-2-3-8-24-15/h2-4,7-9,13-14,23H,5-6,10-12H2,1H3,(H2,22,25,30)(H,26,29,31)/b9-7-. The molecule has 0 aliphatic heterocycles. The van der Waals surface area contributed by atoms with Gasteiger partial charge in [0.05, 0.1) is 6.42 Å². The van der Waals surface area contributed by atoms with Crippen molar-refractivity contribution in [2.45, 2.75) is 38.0 Å². The summed E-state index contributed by atoms with van der Waals surface area (Å²) in [5, 5.41) is 25.6. The number of hydrogen-bond acceptors (Lipinski definition) is 10. The molecule has 1 aliphatic carbocycles. The van der Waals surface area contributed by atoms with Crippen LogP contribution in [0.15, 0.2) is 41.7 Å². The molecule has 0 bridgehead atoms. The maximum absolute atomic E-state index is 12.2. The summed E-state index contributed by atoms with van der Waals surface area (Å²) in [6.07, 6.45) is 9.31. The first kappa shape index (κ1) is 22.9. The molecule has 3 heterocycles. The minimum atomic E-state index is -0.144. The van der Waals surface area contributed by atoms with Crippen molar-refractivity contribution in [2.24, 2.45) is 16.6 Å². The summed E-state index contributed by atoms with van der Waals surface area (Å²) in [6.45, 7) is 0. The van der Waals surface area contributed by atoms with Gasteiger partial charge in [-0.3, -0.25) is 9.78 Å². The first-order valence-corrected chi connectivity index (χ1v) is 12.3. The zero-order valence-electron chi connectivity index (χ0n) is 18.1. The van der Waals surface area contributed by atoms with Gasteiger partial charge < -0.3 is 16.4 Å². The van der Waals surface area contributed by atoms with Crippen molar-refractivity contribution in [3.63, 3.8) is 0 Å². The molecule has 2 atom stereocenters. The monoisotopic (exact) mass is 483 g/mol. The second-order valence-corrected chi connectivity index (χ2v) is 9.76. The molecule has 1 fully saturated rings. The predicted molar refractivity (Wildman–Crippen MR) is 130 cm³/mol. The Labute approximate surface area is 199 Å². The van der Waals surface area contributed by atoms with Crippen molar-refractivity contribution < 1.29 is 4.79 Å². The predicted octanol–water partition coefficient (Wildman–Crippen LogP) is 2.81. The summed E-state index contributed by atoms with van der Waals surface area (Å²) in [5.74, 6) is 1.11. The second kappa shape index (κ2) is 11.1. The van der Waals surface area contributed by atoms with E-state index in [-0.39, 0.29) is 12.3 Å². The van der Waals surface area contributed by atoms with Gasteiger partial charge in [-0.1, -0.05) is 28.7 Å². The molecule has 3 aromatic heterocycles. The lowest BCUT2D eigenvalue weighted by Gasteiger charge is -2.06. The van der Waals surface area contributed by atoms with Crippen molar-refractivity contribution in [1.82, 2.24) is 30.7 Å². The Balaban J connectivity index is 1.27. The van der Waals surface area contributed by atoms with Crippen molar-refractivity contribution in [1.29, 1.82) is 0 Å². The number of carbonyl (C=O) groups is 1. The molecule has 0 radical (unpaired) electrons. The molecule has 172 valence electrons. The van der Waals surface area contributed by atoms with E-state index < -0.39 is 0 Å². The molecule has 2 unspecified atom stereocenters. The highest BCUT2D eigenvalue weighted by Gasteiger charge is 2.29. The van der Waals surface area contributed by atoms with E-state index in [0.29, 0.717) is 27.9 Å². The lowest BCUT2D eigenvalue weighted by Crippen LogP contribution is -2.14. The van der Waals surface area contributed by atoms with Gasteiger partial charge in [0, 0.05) is 31.3 Å². The van der Waals surface area contributed by atoms with E-state index in [0.717, 1.165) is 41.4 Å². The highest BCUT2D eigenvalue weighted by molar-refractivity contribution is 7.15. The van der Waals surface area contributed by atoms with Crippen LogP contribution in [0, 0.1) is 5.92 Å². The fourth-order valence-electron chi connectivity index (χ4n) is 3.70. The third-order valence-corrected chi connectivity index (χ3v) is 7.05. The van der Waals surface area contributed by atoms with Crippen LogP contribution in [0.1, 0.15) is 40.9 Å². The number of hydrogen-bond donors (Lipinski definition) is 3. The van der Waals surface area contributed by atoms with Gasteiger partial charge in [0.1, 0.15) is 15.9 Å². The molecule has 12 heteroatoms. The molecule has 4 N–H and O–H groups in total. The topological polar surface area (TPSA) is 144 Å². The van der Waals surface area contributed by atoms with Crippen LogP contribution in [0.4, 0.5) is 10.3 Å². The van der Waals surface area contributed by atoms with Crippen molar-refractivity contribution >= 4 is 44.7 Å². The number of amidine groups is 1. The minimum Gasteiger partial charge on any atom is -0.394 e. The molecule has 0 saturated heterocycles. The Kier molecular flexibility index (Phi) is 7.68. The molecule has 4 rings (SSSR count). The van der Waals surface area contributed by atoms with Crippen LogP contribution in [-0.2, 0) is 17.6 Å². The fourth-order valence-corrected chi connectivity index (χ4v) is 5.45. The van der Waals surface area contributed by atoms with Crippen molar-refractivity contribution in [3.05, 3.63) is 52.4 Å². The average Bonchev–Trinajstić information content (AvgIpc) is 3.55. The van der Waals surface area contributed by atoms with E-state index in [1.807, 2.05) is 18.2 Å². The van der Waals surface area contributed by atoms with Gasteiger partial charge in [-0.25, -0.2) is 4.99 Å². The number of nitrogens with two attached hydrogens (primary N) is 1. The molecule has 1 saturated carbocycles. The van der Waals surface area contributed by atoms with Crippen LogP contribution in [0.25, 0.3) is 0 Å². The third-order valence-electron chi connectivity index (χ3n) is 5.21. The van der Waals surface area contributed by atoms with Gasteiger partial charge in [0.2, 0.25) is 16.2 Å². The number of nitrogens with zero attached hydrogens (tertiary/aromatic N) is 6. The molecule has 3 aromatic rings. The molecule has 0 aromatic carbocycles. The van der Waals surface area contributed by atoms with Crippen molar-refractivity contribution in [2.75, 3.05) is 12.4 Å². The zero-order valence-corrected chi connectivity index (χ0v) is 19.8. The minimum absolute atomic E-state index is 0.144. The van der Waals surface area contributed by atoms with E-state index in [4.69, 9.17) is 5.73 Å². The third kappa shape index (κ3) is 6.62. The number of anilines is 1. The molecule has 10 nitrogen and oxygen atoms in total. The van der Waals surface area contributed by atoms with E-state index in [9.17, 15) is 4.79 Å². The number of nitrogens with one attached hydrogen (secondary N) is 2. The Morgan fingerprint density at radius 2 is 2.15 bits per heavy atom. The van der Waals surface area contributed by atoms with Gasteiger partial charge in [0.25, 0.3) is 0 Å². The highest BCUT2D eigenvalue weighted by Crippen LogP contribution is 2.42. The number of pyridine rings is 1. The Hall–Kier alpha value is -3.25. The SMILES string of the molecule is CN/C=C\C(N)=Nc1nnc(C2CCC(Cc3nnc(NC(=O)Cc4ccccn4)s3)C2)s1. The molecule has 1 amide bonds. The van der Waals surface area contributed by atoms with E-state index in [1.165, 1.54) is 22.7 Å². The maximum atomic E-state index is 12.2. The molecule has 0 spiro atoms. The zero-order chi connectivity index (χ0) is 23.0.